The largest absolute Gasteiger partial charge is 0.416 e. The monoisotopic (exact) mass is 305 g/mol. The minimum absolute atomic E-state index is 0.462. The molecule has 1 unspecified atom stereocenters. The average Bonchev–Trinajstić information content (AvgIpc) is 2.41. The molecule has 1 aliphatic heterocycles. The van der Waals surface area contributed by atoms with Crippen LogP contribution in [0.4, 0.5) is 13.2 Å². The molecule has 0 aromatic heterocycles. The van der Waals surface area contributed by atoms with Gasteiger partial charge < -0.3 is 0 Å². The van der Waals surface area contributed by atoms with Gasteiger partial charge >= 0.3 is 6.18 Å². The molecule has 0 aliphatic carbocycles. The highest BCUT2D eigenvalue weighted by molar-refractivity contribution is 6.17. The Labute approximate surface area is 122 Å². The van der Waals surface area contributed by atoms with E-state index in [4.69, 9.17) is 11.6 Å². The van der Waals surface area contributed by atoms with Gasteiger partial charge in [-0.2, -0.15) is 13.2 Å². The SMILES string of the molecule is FC(F)(F)c1ccc(CN2CCCCC2CCCl)cc1. The standard InChI is InChI=1S/C15H19ClF3N/c16-9-8-14-3-1-2-10-20(14)11-12-4-6-13(7-5-12)15(17,18)19/h4-7,14H,1-3,8-11H2. The zero-order valence-corrected chi connectivity index (χ0v) is 12.1. The zero-order valence-electron chi connectivity index (χ0n) is 11.3. The van der Waals surface area contributed by atoms with Crippen molar-refractivity contribution in [2.45, 2.75) is 44.4 Å². The number of halogens is 4. The van der Waals surface area contributed by atoms with Crippen molar-refractivity contribution in [2.24, 2.45) is 0 Å². The maximum Gasteiger partial charge on any atom is 0.416 e. The van der Waals surface area contributed by atoms with Crippen molar-refractivity contribution >= 4 is 11.6 Å². The summed E-state index contributed by atoms with van der Waals surface area (Å²) in [5, 5.41) is 0. The maximum atomic E-state index is 12.5. The quantitative estimate of drug-likeness (QED) is 0.730. The summed E-state index contributed by atoms with van der Waals surface area (Å²) in [7, 11) is 0. The molecule has 0 spiro atoms. The van der Waals surface area contributed by atoms with Crippen molar-refractivity contribution in [1.29, 1.82) is 0 Å². The Kier molecular flexibility index (Phi) is 5.33. The van der Waals surface area contributed by atoms with Crippen LogP contribution in [0.3, 0.4) is 0 Å². The van der Waals surface area contributed by atoms with Crippen LogP contribution in [0.5, 0.6) is 0 Å². The van der Waals surface area contributed by atoms with Gasteiger partial charge in [0.15, 0.2) is 0 Å². The molecular weight excluding hydrogens is 287 g/mol. The molecule has 1 atom stereocenters. The van der Waals surface area contributed by atoms with Crippen LogP contribution in [-0.2, 0) is 12.7 Å². The van der Waals surface area contributed by atoms with Crippen molar-refractivity contribution in [1.82, 2.24) is 4.90 Å². The third kappa shape index (κ3) is 4.13. The minimum Gasteiger partial charge on any atom is -0.296 e. The second-order valence-corrected chi connectivity index (χ2v) is 5.67. The van der Waals surface area contributed by atoms with Gasteiger partial charge in [-0.15, -0.1) is 11.6 Å². The molecule has 1 fully saturated rings. The van der Waals surface area contributed by atoms with Crippen LogP contribution in [0.25, 0.3) is 0 Å². The van der Waals surface area contributed by atoms with Gasteiger partial charge in [0.2, 0.25) is 0 Å². The maximum absolute atomic E-state index is 12.5. The predicted octanol–water partition coefficient (Wildman–Crippen LogP) is 4.69. The lowest BCUT2D eigenvalue weighted by Gasteiger charge is -2.35. The fourth-order valence-corrected chi connectivity index (χ4v) is 3.01. The minimum atomic E-state index is -4.26. The molecule has 5 heteroatoms. The Morgan fingerprint density at radius 3 is 2.45 bits per heavy atom. The van der Waals surface area contributed by atoms with E-state index >= 15 is 0 Å². The number of hydrogen-bond acceptors (Lipinski definition) is 1. The number of nitrogens with zero attached hydrogens (tertiary/aromatic N) is 1. The zero-order chi connectivity index (χ0) is 14.6. The lowest BCUT2D eigenvalue weighted by molar-refractivity contribution is -0.137. The molecule has 1 heterocycles. The first kappa shape index (κ1) is 15.6. The lowest BCUT2D eigenvalue weighted by Crippen LogP contribution is -2.39. The molecule has 0 N–H and O–H groups in total. The van der Waals surface area contributed by atoms with Gasteiger partial charge in [-0.1, -0.05) is 18.6 Å². The van der Waals surface area contributed by atoms with Crippen LogP contribution in [-0.4, -0.2) is 23.4 Å². The highest BCUT2D eigenvalue weighted by atomic mass is 35.5. The van der Waals surface area contributed by atoms with E-state index in [0.29, 0.717) is 18.5 Å². The van der Waals surface area contributed by atoms with Crippen LogP contribution in [0.1, 0.15) is 36.8 Å². The summed E-state index contributed by atoms with van der Waals surface area (Å²) in [6.45, 7) is 1.71. The predicted molar refractivity (Wildman–Crippen MR) is 74.8 cm³/mol. The van der Waals surface area contributed by atoms with Crippen LogP contribution < -0.4 is 0 Å². The number of benzene rings is 1. The molecule has 1 aromatic rings. The molecule has 112 valence electrons. The molecule has 0 saturated carbocycles. The normalized spacial score (nSPS) is 21.1. The molecule has 0 bridgehead atoms. The number of rotatable bonds is 4. The highest BCUT2D eigenvalue weighted by Crippen LogP contribution is 2.29. The molecule has 1 aliphatic rings. The third-order valence-electron chi connectivity index (χ3n) is 3.86. The van der Waals surface area contributed by atoms with Crippen molar-refractivity contribution in [3.63, 3.8) is 0 Å². The van der Waals surface area contributed by atoms with Crippen LogP contribution in [0.15, 0.2) is 24.3 Å². The number of hydrogen-bond donors (Lipinski definition) is 0. The Balaban J connectivity index is 2.01. The van der Waals surface area contributed by atoms with Gasteiger partial charge in [-0.25, -0.2) is 0 Å². The van der Waals surface area contributed by atoms with E-state index in [2.05, 4.69) is 4.90 Å². The van der Waals surface area contributed by atoms with E-state index in [0.717, 1.165) is 43.5 Å². The molecule has 0 amide bonds. The number of piperidine rings is 1. The molecule has 2 rings (SSSR count). The second kappa shape index (κ2) is 6.81. The summed E-state index contributed by atoms with van der Waals surface area (Å²) >= 11 is 5.82. The molecule has 20 heavy (non-hydrogen) atoms. The Morgan fingerprint density at radius 1 is 1.15 bits per heavy atom. The number of alkyl halides is 4. The lowest BCUT2D eigenvalue weighted by atomic mass is 9.99. The Bertz CT molecular complexity index is 414. The van der Waals surface area contributed by atoms with Gasteiger partial charge in [0, 0.05) is 18.5 Å². The van der Waals surface area contributed by atoms with E-state index in [9.17, 15) is 13.2 Å². The van der Waals surface area contributed by atoms with Crippen molar-refractivity contribution < 1.29 is 13.2 Å². The molecule has 1 nitrogen and oxygen atoms in total. The van der Waals surface area contributed by atoms with E-state index in [-0.39, 0.29) is 0 Å². The summed E-state index contributed by atoms with van der Waals surface area (Å²) in [5.41, 5.74) is 0.344. The van der Waals surface area contributed by atoms with Crippen molar-refractivity contribution in [3.8, 4) is 0 Å². The second-order valence-electron chi connectivity index (χ2n) is 5.29. The first-order chi connectivity index (χ1) is 9.50. The van der Waals surface area contributed by atoms with Gasteiger partial charge in [0.25, 0.3) is 0 Å². The first-order valence-electron chi connectivity index (χ1n) is 6.97. The van der Waals surface area contributed by atoms with Gasteiger partial charge in [0.1, 0.15) is 0 Å². The van der Waals surface area contributed by atoms with E-state index in [1.165, 1.54) is 6.42 Å². The van der Waals surface area contributed by atoms with Gasteiger partial charge in [-0.3, -0.25) is 4.90 Å². The van der Waals surface area contributed by atoms with E-state index in [1.54, 1.807) is 12.1 Å². The smallest absolute Gasteiger partial charge is 0.296 e. The fraction of sp³-hybridized carbons (Fsp3) is 0.600. The summed E-state index contributed by atoms with van der Waals surface area (Å²) < 4.78 is 37.5. The third-order valence-corrected chi connectivity index (χ3v) is 4.08. The Hall–Kier alpha value is -0.740. The average molecular weight is 306 g/mol. The van der Waals surface area contributed by atoms with Gasteiger partial charge in [0.05, 0.1) is 5.56 Å². The Morgan fingerprint density at radius 2 is 1.85 bits per heavy atom. The first-order valence-corrected chi connectivity index (χ1v) is 7.50. The summed E-state index contributed by atoms with van der Waals surface area (Å²) in [4.78, 5) is 2.34. The molecule has 1 aromatic carbocycles. The van der Waals surface area contributed by atoms with E-state index < -0.39 is 11.7 Å². The summed E-state index contributed by atoms with van der Waals surface area (Å²) in [5.74, 6) is 0.633. The fourth-order valence-electron chi connectivity index (χ4n) is 2.75. The van der Waals surface area contributed by atoms with Crippen molar-refractivity contribution in [2.75, 3.05) is 12.4 Å². The molecule has 1 saturated heterocycles. The summed E-state index contributed by atoms with van der Waals surface area (Å²) in [6.07, 6.45) is 0.185. The van der Waals surface area contributed by atoms with Gasteiger partial charge in [-0.05, 0) is 43.5 Å². The highest BCUT2D eigenvalue weighted by Gasteiger charge is 2.30. The molecular formula is C15H19ClF3N. The van der Waals surface area contributed by atoms with Crippen LogP contribution in [0, 0.1) is 0 Å². The van der Waals surface area contributed by atoms with E-state index in [1.807, 2.05) is 0 Å². The van der Waals surface area contributed by atoms with Crippen LogP contribution in [0.2, 0.25) is 0 Å². The summed E-state index contributed by atoms with van der Waals surface area (Å²) in [6, 6.07) is 5.94. The topological polar surface area (TPSA) is 3.24 Å². The van der Waals surface area contributed by atoms with Crippen LogP contribution >= 0.6 is 11.6 Å². The number of likely N-dealkylation sites (tertiary alicyclic amines) is 1. The molecule has 0 radical (unpaired) electrons. The van der Waals surface area contributed by atoms with Crippen molar-refractivity contribution in [3.05, 3.63) is 35.4 Å².